The molecule has 2 bridgehead atoms. The summed E-state index contributed by atoms with van der Waals surface area (Å²) in [6, 6.07) is 5.86. The molecule has 10 heteroatoms. The Balaban J connectivity index is 1.18. The van der Waals surface area contributed by atoms with Crippen molar-refractivity contribution >= 4 is 11.6 Å². The Labute approximate surface area is 227 Å². The van der Waals surface area contributed by atoms with E-state index in [0.717, 1.165) is 63.7 Å². The van der Waals surface area contributed by atoms with Gasteiger partial charge in [-0.25, -0.2) is 0 Å². The Morgan fingerprint density at radius 2 is 2.05 bits per heavy atom. The van der Waals surface area contributed by atoms with Crippen LogP contribution in [0.5, 0.6) is 0 Å². The molecule has 3 saturated heterocycles. The van der Waals surface area contributed by atoms with Gasteiger partial charge in [-0.15, -0.1) is 0 Å². The van der Waals surface area contributed by atoms with Gasteiger partial charge in [-0.3, -0.25) is 9.69 Å². The number of anilines is 1. The van der Waals surface area contributed by atoms with E-state index in [0.29, 0.717) is 37.3 Å². The molecule has 0 radical (unpaired) electrons. The summed E-state index contributed by atoms with van der Waals surface area (Å²) in [6.45, 7) is 2.29. The van der Waals surface area contributed by atoms with Crippen LogP contribution in [0.2, 0.25) is 0 Å². The summed E-state index contributed by atoms with van der Waals surface area (Å²) in [5.74, 6) is 0.607. The van der Waals surface area contributed by atoms with Crippen molar-refractivity contribution in [3.05, 3.63) is 29.3 Å². The molecule has 3 heterocycles. The van der Waals surface area contributed by atoms with Crippen molar-refractivity contribution in [1.82, 2.24) is 9.80 Å². The molecule has 0 aromatic heterocycles. The second kappa shape index (κ2) is 9.93. The van der Waals surface area contributed by atoms with Crippen LogP contribution >= 0.6 is 0 Å². The van der Waals surface area contributed by atoms with E-state index in [1.807, 2.05) is 9.80 Å². The number of ether oxygens (including phenoxy) is 2. The molecule has 0 unspecified atom stereocenters. The topological polar surface area (TPSA) is 69.0 Å². The van der Waals surface area contributed by atoms with E-state index in [2.05, 4.69) is 18.0 Å². The zero-order valence-corrected chi connectivity index (χ0v) is 22.6. The lowest BCUT2D eigenvalue weighted by molar-refractivity contribution is -0.145. The minimum absolute atomic E-state index is 0.0327. The number of alkyl halides is 3. The number of nitriles is 1. The number of amides is 1. The number of halogens is 3. The number of methoxy groups -OCH3 is 1. The summed E-state index contributed by atoms with van der Waals surface area (Å²) in [6.07, 6.45) is 2.12. The fourth-order valence-corrected chi connectivity index (χ4v) is 8.47. The molecule has 212 valence electrons. The first-order chi connectivity index (χ1) is 18.7. The first-order valence-electron chi connectivity index (χ1n) is 14.2. The van der Waals surface area contributed by atoms with E-state index in [-0.39, 0.29) is 41.1 Å². The van der Waals surface area contributed by atoms with Crippen LogP contribution in [0.25, 0.3) is 0 Å². The number of rotatable bonds is 5. The van der Waals surface area contributed by atoms with Crippen LogP contribution in [-0.4, -0.2) is 86.4 Å². The molecule has 0 spiro atoms. The highest BCUT2D eigenvalue weighted by molar-refractivity contribution is 5.85. The molecular weight excluding hydrogens is 509 g/mol. The smallest absolute Gasteiger partial charge is 0.379 e. The normalized spacial score (nSPS) is 36.0. The van der Waals surface area contributed by atoms with E-state index in [1.54, 1.807) is 7.11 Å². The van der Waals surface area contributed by atoms with Gasteiger partial charge in [0.05, 0.1) is 41.0 Å². The predicted octanol–water partition coefficient (Wildman–Crippen LogP) is 4.05. The Morgan fingerprint density at radius 3 is 2.74 bits per heavy atom. The van der Waals surface area contributed by atoms with Crippen molar-refractivity contribution in [1.29, 1.82) is 5.26 Å². The summed E-state index contributed by atoms with van der Waals surface area (Å²) in [5.41, 5.74) is -0.528. The Kier molecular flexibility index (Phi) is 6.84. The molecule has 2 saturated carbocycles. The number of carbonyl (C=O) groups excluding carboxylic acids is 1. The number of hydrogen-bond donors (Lipinski definition) is 0. The minimum Gasteiger partial charge on any atom is -0.379 e. The summed E-state index contributed by atoms with van der Waals surface area (Å²) >= 11 is 0. The van der Waals surface area contributed by atoms with E-state index in [1.165, 1.54) is 6.07 Å². The number of benzene rings is 1. The molecule has 1 amide bonds. The predicted molar refractivity (Wildman–Crippen MR) is 138 cm³/mol. The second-order valence-electron chi connectivity index (χ2n) is 12.2. The standard InChI is InChI=1S/C29H37F3N4O3/c1-34(24-7-9-39-17-26(24)38-2)21-10-19-4-3-8-28(19,13-21)27(37)36-16-22-12-23(36)15-35(22)25-11-20(29(30,31)32)6-5-18(25)14-33/h5-6,11,19,21-24,26H,3-4,7-10,12-13,15-17H2,1-2H3/t19-,21-,22-,23+,24+,26-,28-/m1/s1. The number of carbonyl (C=O) groups is 1. The number of fused-ring (bicyclic) bond motifs is 3. The third-order valence-electron chi connectivity index (χ3n) is 10.5. The number of hydrogen-bond acceptors (Lipinski definition) is 6. The highest BCUT2D eigenvalue weighted by atomic mass is 19.4. The zero-order chi connectivity index (χ0) is 27.5. The van der Waals surface area contributed by atoms with Gasteiger partial charge in [0, 0.05) is 44.9 Å². The van der Waals surface area contributed by atoms with Crippen LogP contribution in [0.3, 0.4) is 0 Å². The molecule has 2 aliphatic carbocycles. The highest BCUT2D eigenvalue weighted by Crippen LogP contribution is 2.57. The fraction of sp³-hybridized carbons (Fsp3) is 0.724. The van der Waals surface area contributed by atoms with Crippen LogP contribution < -0.4 is 4.90 Å². The molecule has 7 nitrogen and oxygen atoms in total. The van der Waals surface area contributed by atoms with Crippen LogP contribution in [-0.2, 0) is 20.4 Å². The lowest BCUT2D eigenvalue weighted by atomic mass is 9.78. The van der Waals surface area contributed by atoms with E-state index < -0.39 is 11.7 Å². The van der Waals surface area contributed by atoms with E-state index in [4.69, 9.17) is 9.47 Å². The summed E-state index contributed by atoms with van der Waals surface area (Å²) < 4.78 is 51.6. The number of piperazine rings is 1. The monoisotopic (exact) mass is 546 g/mol. The van der Waals surface area contributed by atoms with Gasteiger partial charge in [0.2, 0.25) is 5.91 Å². The quantitative estimate of drug-likeness (QED) is 0.555. The van der Waals surface area contributed by atoms with Gasteiger partial charge in [0.1, 0.15) is 6.07 Å². The number of nitrogens with zero attached hydrogens (tertiary/aromatic N) is 4. The first-order valence-corrected chi connectivity index (χ1v) is 14.2. The summed E-state index contributed by atoms with van der Waals surface area (Å²) in [7, 11) is 3.91. The molecule has 0 N–H and O–H groups in total. The van der Waals surface area contributed by atoms with E-state index in [9.17, 15) is 23.2 Å². The van der Waals surface area contributed by atoms with Crippen LogP contribution in [0.4, 0.5) is 18.9 Å². The maximum atomic E-state index is 14.3. The number of likely N-dealkylation sites (N-methyl/N-ethyl adjacent to an activating group) is 1. The Bertz CT molecular complexity index is 1160. The largest absolute Gasteiger partial charge is 0.416 e. The lowest BCUT2D eigenvalue weighted by Gasteiger charge is -2.42. The number of likely N-dealkylation sites (tertiary alicyclic amines) is 1. The average Bonchev–Trinajstić information content (AvgIpc) is 3.71. The fourth-order valence-electron chi connectivity index (χ4n) is 8.47. The van der Waals surface area contributed by atoms with Gasteiger partial charge in [0.15, 0.2) is 0 Å². The average molecular weight is 547 g/mol. The zero-order valence-electron chi connectivity index (χ0n) is 22.6. The summed E-state index contributed by atoms with van der Waals surface area (Å²) in [5, 5.41) is 9.58. The van der Waals surface area contributed by atoms with Gasteiger partial charge in [-0.1, -0.05) is 6.42 Å². The maximum Gasteiger partial charge on any atom is 0.416 e. The van der Waals surface area contributed by atoms with Gasteiger partial charge in [-0.2, -0.15) is 18.4 Å². The molecule has 7 atom stereocenters. The van der Waals surface area contributed by atoms with E-state index >= 15 is 0 Å². The van der Waals surface area contributed by atoms with Gasteiger partial charge in [-0.05, 0) is 69.7 Å². The van der Waals surface area contributed by atoms with Gasteiger partial charge in [0.25, 0.3) is 0 Å². The molecule has 1 aromatic carbocycles. The second-order valence-corrected chi connectivity index (χ2v) is 12.2. The van der Waals surface area contributed by atoms with Gasteiger partial charge >= 0.3 is 6.18 Å². The maximum absolute atomic E-state index is 14.3. The Morgan fingerprint density at radius 1 is 1.23 bits per heavy atom. The van der Waals surface area contributed by atoms with Crippen LogP contribution in [0, 0.1) is 22.7 Å². The van der Waals surface area contributed by atoms with Crippen LogP contribution in [0.15, 0.2) is 18.2 Å². The first kappa shape index (κ1) is 26.9. The molecular formula is C29H37F3N4O3. The molecule has 39 heavy (non-hydrogen) atoms. The van der Waals surface area contributed by atoms with Crippen molar-refractivity contribution in [2.24, 2.45) is 11.3 Å². The van der Waals surface area contributed by atoms with Crippen molar-refractivity contribution < 1.29 is 27.4 Å². The molecule has 1 aromatic rings. The van der Waals surface area contributed by atoms with Gasteiger partial charge < -0.3 is 19.3 Å². The molecule has 5 aliphatic rings. The summed E-state index contributed by atoms with van der Waals surface area (Å²) in [4.78, 5) is 20.7. The van der Waals surface area contributed by atoms with Crippen molar-refractivity contribution in [2.75, 3.05) is 45.4 Å². The molecule has 6 rings (SSSR count). The van der Waals surface area contributed by atoms with Crippen molar-refractivity contribution in [3.8, 4) is 6.07 Å². The third-order valence-corrected chi connectivity index (χ3v) is 10.5. The lowest BCUT2D eigenvalue weighted by Crippen LogP contribution is -2.54. The van der Waals surface area contributed by atoms with Crippen LogP contribution in [0.1, 0.15) is 56.1 Å². The highest BCUT2D eigenvalue weighted by Gasteiger charge is 2.60. The third kappa shape index (κ3) is 4.41. The SMILES string of the molecule is CO[C@@H]1COCC[C@@H]1N(C)[C@@H]1C[C@H]2CCC[C@@]2(C(=O)N2C[C@H]3C[C@H]2CN3c2cc(C(F)(F)F)ccc2C#N)C1. The minimum atomic E-state index is -4.47. The van der Waals surface area contributed by atoms with Crippen molar-refractivity contribution in [2.45, 2.75) is 81.4 Å². The molecule has 5 fully saturated rings. The Hall–Kier alpha value is -2.35. The molecule has 3 aliphatic heterocycles. The van der Waals surface area contributed by atoms with Crippen molar-refractivity contribution in [3.63, 3.8) is 0 Å².